The predicted octanol–water partition coefficient (Wildman–Crippen LogP) is 3.84. The predicted molar refractivity (Wildman–Crippen MR) is 91.7 cm³/mol. The maximum absolute atomic E-state index is 12.4. The molecule has 4 nitrogen and oxygen atoms in total. The van der Waals surface area contributed by atoms with Gasteiger partial charge < -0.3 is 4.90 Å². The Kier molecular flexibility index (Phi) is 4.49. The summed E-state index contributed by atoms with van der Waals surface area (Å²) in [5.41, 5.74) is 2.42. The summed E-state index contributed by atoms with van der Waals surface area (Å²) in [6.07, 6.45) is 6.40. The average Bonchev–Trinajstić information content (AvgIpc) is 3.10. The van der Waals surface area contributed by atoms with Crippen LogP contribution in [0.3, 0.4) is 0 Å². The maximum atomic E-state index is 12.4. The standard InChI is InChI=1S/C16H18BrN3OS/c1-3-16(21)20(9-12-7-11(17)10-22-12)15-6-4-5-14-13(15)8-18-19(14)2/h3,7-8,10,15H,1,4-6,9H2,2H3. The van der Waals surface area contributed by atoms with Crippen LogP contribution in [0.4, 0.5) is 0 Å². The molecule has 0 saturated heterocycles. The maximum Gasteiger partial charge on any atom is 0.246 e. The molecule has 2 aromatic heterocycles. The lowest BCUT2D eigenvalue weighted by molar-refractivity contribution is -0.129. The lowest BCUT2D eigenvalue weighted by Crippen LogP contribution is -2.34. The summed E-state index contributed by atoms with van der Waals surface area (Å²) < 4.78 is 2.99. The van der Waals surface area contributed by atoms with Crippen molar-refractivity contribution in [2.45, 2.75) is 31.8 Å². The number of hydrogen-bond donors (Lipinski definition) is 0. The van der Waals surface area contributed by atoms with Crippen molar-refractivity contribution in [3.05, 3.63) is 50.9 Å². The molecule has 2 aromatic rings. The van der Waals surface area contributed by atoms with E-state index in [0.717, 1.165) is 28.6 Å². The summed E-state index contributed by atoms with van der Waals surface area (Å²) >= 11 is 5.14. The summed E-state index contributed by atoms with van der Waals surface area (Å²) in [6.45, 7) is 4.28. The number of carbonyl (C=O) groups excluding carboxylic acids is 1. The third-order valence-corrected chi connectivity index (χ3v) is 5.81. The van der Waals surface area contributed by atoms with Crippen LogP contribution in [0, 0.1) is 0 Å². The fourth-order valence-corrected chi connectivity index (χ4v) is 4.52. The Morgan fingerprint density at radius 3 is 3.18 bits per heavy atom. The molecule has 0 aromatic carbocycles. The van der Waals surface area contributed by atoms with Gasteiger partial charge in [0.05, 0.1) is 18.8 Å². The topological polar surface area (TPSA) is 38.1 Å². The third kappa shape index (κ3) is 2.90. The summed E-state index contributed by atoms with van der Waals surface area (Å²) in [4.78, 5) is 15.5. The highest BCUT2D eigenvalue weighted by Gasteiger charge is 2.30. The van der Waals surface area contributed by atoms with E-state index in [1.165, 1.54) is 17.3 Å². The van der Waals surface area contributed by atoms with Gasteiger partial charge in [-0.05, 0) is 47.3 Å². The smallest absolute Gasteiger partial charge is 0.246 e. The van der Waals surface area contributed by atoms with Gasteiger partial charge in [-0.25, -0.2) is 0 Å². The number of rotatable bonds is 4. The van der Waals surface area contributed by atoms with Gasteiger partial charge in [0, 0.05) is 33.0 Å². The van der Waals surface area contributed by atoms with E-state index >= 15 is 0 Å². The summed E-state index contributed by atoms with van der Waals surface area (Å²) in [7, 11) is 1.97. The van der Waals surface area contributed by atoms with Gasteiger partial charge in [-0.1, -0.05) is 6.58 Å². The molecule has 0 fully saturated rings. The third-order valence-electron chi connectivity index (χ3n) is 4.13. The Morgan fingerprint density at radius 1 is 1.68 bits per heavy atom. The van der Waals surface area contributed by atoms with Crippen molar-refractivity contribution >= 4 is 33.2 Å². The molecular formula is C16H18BrN3OS. The summed E-state index contributed by atoms with van der Waals surface area (Å²) in [5.74, 6) is -0.0220. The number of fused-ring (bicyclic) bond motifs is 1. The highest BCUT2D eigenvalue weighted by atomic mass is 79.9. The van der Waals surface area contributed by atoms with Crippen LogP contribution >= 0.6 is 27.3 Å². The van der Waals surface area contributed by atoms with Gasteiger partial charge in [0.25, 0.3) is 0 Å². The van der Waals surface area contributed by atoms with Crippen molar-refractivity contribution in [1.29, 1.82) is 0 Å². The van der Waals surface area contributed by atoms with Crippen LogP contribution in [0.1, 0.15) is 35.0 Å². The van der Waals surface area contributed by atoms with E-state index in [0.29, 0.717) is 6.54 Å². The molecule has 1 aliphatic carbocycles. The first-order chi connectivity index (χ1) is 10.6. The van der Waals surface area contributed by atoms with Gasteiger partial charge in [-0.15, -0.1) is 11.3 Å². The largest absolute Gasteiger partial charge is 0.327 e. The van der Waals surface area contributed by atoms with Crippen LogP contribution in [-0.4, -0.2) is 20.6 Å². The second-order valence-electron chi connectivity index (χ2n) is 5.48. The number of hydrogen-bond acceptors (Lipinski definition) is 3. The van der Waals surface area contributed by atoms with Crippen LogP contribution in [0.2, 0.25) is 0 Å². The quantitative estimate of drug-likeness (QED) is 0.756. The Balaban J connectivity index is 1.93. The van der Waals surface area contributed by atoms with E-state index in [4.69, 9.17) is 0 Å². The van der Waals surface area contributed by atoms with E-state index in [-0.39, 0.29) is 11.9 Å². The first kappa shape index (κ1) is 15.5. The SMILES string of the molecule is C=CC(=O)N(Cc1cc(Br)cs1)C1CCCc2c1cnn2C. The van der Waals surface area contributed by atoms with E-state index in [9.17, 15) is 4.79 Å². The van der Waals surface area contributed by atoms with Crippen molar-refractivity contribution < 1.29 is 4.79 Å². The molecule has 1 amide bonds. The molecule has 1 atom stereocenters. The van der Waals surface area contributed by atoms with Gasteiger partial charge in [-0.2, -0.15) is 5.10 Å². The number of halogens is 1. The zero-order chi connectivity index (χ0) is 15.7. The van der Waals surface area contributed by atoms with Crippen LogP contribution in [-0.2, 0) is 24.8 Å². The van der Waals surface area contributed by atoms with Gasteiger partial charge in [0.2, 0.25) is 5.91 Å². The normalized spacial score (nSPS) is 17.1. The van der Waals surface area contributed by atoms with E-state index in [2.05, 4.69) is 33.7 Å². The number of amides is 1. The number of thiophene rings is 1. The van der Waals surface area contributed by atoms with Crippen LogP contribution in [0.25, 0.3) is 0 Å². The number of carbonyl (C=O) groups is 1. The Morgan fingerprint density at radius 2 is 2.50 bits per heavy atom. The first-order valence-electron chi connectivity index (χ1n) is 7.27. The van der Waals surface area contributed by atoms with Crippen molar-refractivity contribution in [3.8, 4) is 0 Å². The minimum Gasteiger partial charge on any atom is -0.327 e. The summed E-state index contributed by atoms with van der Waals surface area (Å²) in [5, 5.41) is 6.42. The van der Waals surface area contributed by atoms with E-state index in [1.807, 2.05) is 28.2 Å². The van der Waals surface area contributed by atoms with Crippen LogP contribution in [0.15, 0.2) is 34.8 Å². The average molecular weight is 380 g/mol. The molecule has 1 aliphatic rings. The molecule has 0 N–H and O–H groups in total. The van der Waals surface area contributed by atoms with Gasteiger partial charge in [0.1, 0.15) is 0 Å². The van der Waals surface area contributed by atoms with Crippen molar-refractivity contribution in [2.24, 2.45) is 7.05 Å². The van der Waals surface area contributed by atoms with Crippen molar-refractivity contribution in [3.63, 3.8) is 0 Å². The molecule has 2 heterocycles. The van der Waals surface area contributed by atoms with E-state index in [1.54, 1.807) is 11.3 Å². The number of aromatic nitrogens is 2. The first-order valence-corrected chi connectivity index (χ1v) is 8.94. The molecule has 6 heteroatoms. The van der Waals surface area contributed by atoms with Crippen LogP contribution in [0.5, 0.6) is 0 Å². The molecule has 1 unspecified atom stereocenters. The molecule has 0 spiro atoms. The van der Waals surface area contributed by atoms with Gasteiger partial charge in [-0.3, -0.25) is 9.48 Å². The minimum atomic E-state index is -0.0220. The molecule has 116 valence electrons. The van der Waals surface area contributed by atoms with Gasteiger partial charge in [0.15, 0.2) is 0 Å². The Hall–Kier alpha value is -1.40. The van der Waals surface area contributed by atoms with Crippen molar-refractivity contribution in [2.75, 3.05) is 0 Å². The second kappa shape index (κ2) is 6.38. The monoisotopic (exact) mass is 379 g/mol. The molecule has 3 rings (SSSR count). The lowest BCUT2D eigenvalue weighted by Gasteiger charge is -2.33. The Bertz CT molecular complexity index is 706. The molecule has 0 saturated carbocycles. The number of aryl methyl sites for hydroxylation is 1. The van der Waals surface area contributed by atoms with Crippen molar-refractivity contribution in [1.82, 2.24) is 14.7 Å². The summed E-state index contributed by atoms with van der Waals surface area (Å²) in [6, 6.07) is 2.16. The highest BCUT2D eigenvalue weighted by molar-refractivity contribution is 9.10. The second-order valence-corrected chi connectivity index (χ2v) is 7.39. The van der Waals surface area contributed by atoms with Crippen LogP contribution < -0.4 is 0 Å². The Labute approximate surface area is 142 Å². The fraction of sp³-hybridized carbons (Fsp3) is 0.375. The lowest BCUT2D eigenvalue weighted by atomic mass is 9.91. The zero-order valence-electron chi connectivity index (χ0n) is 12.5. The van der Waals surface area contributed by atoms with E-state index < -0.39 is 0 Å². The molecule has 0 bridgehead atoms. The molecule has 22 heavy (non-hydrogen) atoms. The minimum absolute atomic E-state index is 0.0220. The molecule has 0 aliphatic heterocycles. The fourth-order valence-electron chi connectivity index (χ4n) is 3.07. The number of nitrogens with zero attached hydrogens (tertiary/aromatic N) is 3. The molecular weight excluding hydrogens is 362 g/mol. The zero-order valence-corrected chi connectivity index (χ0v) is 14.9. The van der Waals surface area contributed by atoms with Gasteiger partial charge >= 0.3 is 0 Å². The highest BCUT2D eigenvalue weighted by Crippen LogP contribution is 2.36. The molecule has 0 radical (unpaired) electrons.